The van der Waals surface area contributed by atoms with E-state index in [-0.39, 0.29) is 4.59 Å². The number of aromatic amines is 1. The highest BCUT2D eigenvalue weighted by molar-refractivity contribution is 5.83. The number of aromatic nitrogens is 1. The first-order chi connectivity index (χ1) is 5.94. The van der Waals surface area contributed by atoms with Crippen molar-refractivity contribution < 1.29 is 0 Å². The van der Waals surface area contributed by atoms with E-state index in [9.17, 15) is 0 Å². The SMILES string of the molecule is CC1=C(N)[N+](C)(N)c2cc(N)[nH]c21. The second-order valence-corrected chi connectivity index (χ2v) is 3.57. The minimum Gasteiger partial charge on any atom is -0.385 e. The van der Waals surface area contributed by atoms with Gasteiger partial charge >= 0.3 is 0 Å². The molecule has 1 atom stereocenters. The second-order valence-electron chi connectivity index (χ2n) is 3.57. The van der Waals surface area contributed by atoms with Gasteiger partial charge in [0.05, 0.1) is 12.6 Å². The second kappa shape index (κ2) is 2.07. The highest BCUT2D eigenvalue weighted by Gasteiger charge is 2.39. The number of anilines is 1. The zero-order chi connectivity index (χ0) is 9.80. The first kappa shape index (κ1) is 8.15. The van der Waals surface area contributed by atoms with Gasteiger partial charge in [0.15, 0.2) is 5.69 Å². The average Bonchev–Trinajstić information content (AvgIpc) is 2.49. The predicted molar refractivity (Wildman–Crippen MR) is 53.9 cm³/mol. The van der Waals surface area contributed by atoms with Gasteiger partial charge in [-0.1, -0.05) is 0 Å². The van der Waals surface area contributed by atoms with E-state index in [2.05, 4.69) is 4.98 Å². The summed E-state index contributed by atoms with van der Waals surface area (Å²) in [5.74, 6) is 7.29. The number of hydrogen-bond acceptors (Lipinski definition) is 3. The molecule has 0 aromatic carbocycles. The van der Waals surface area contributed by atoms with Crippen LogP contribution in [0.25, 0.3) is 5.57 Å². The van der Waals surface area contributed by atoms with Crippen molar-refractivity contribution in [1.82, 2.24) is 9.58 Å². The Bertz CT molecular complexity index is 399. The number of H-pyrrole nitrogens is 1. The summed E-state index contributed by atoms with van der Waals surface area (Å²) < 4.78 is 0.0921. The van der Waals surface area contributed by atoms with Gasteiger partial charge in [0, 0.05) is 6.07 Å². The molecule has 1 aromatic rings. The quantitative estimate of drug-likeness (QED) is 0.336. The van der Waals surface area contributed by atoms with E-state index in [4.69, 9.17) is 17.3 Å². The van der Waals surface area contributed by atoms with Gasteiger partial charge in [-0.2, -0.15) is 10.4 Å². The lowest BCUT2D eigenvalue weighted by Gasteiger charge is -2.21. The molecule has 0 spiro atoms. The van der Waals surface area contributed by atoms with Crippen LogP contribution in [0.4, 0.5) is 11.5 Å². The van der Waals surface area contributed by atoms with Gasteiger partial charge in [0.25, 0.3) is 0 Å². The number of rotatable bonds is 0. The molecule has 0 bridgehead atoms. The largest absolute Gasteiger partial charge is 0.385 e. The van der Waals surface area contributed by atoms with Crippen LogP contribution in [-0.2, 0) is 0 Å². The summed E-state index contributed by atoms with van der Waals surface area (Å²) in [5.41, 5.74) is 14.3. The smallest absolute Gasteiger partial charge is 0.228 e. The first-order valence-corrected chi connectivity index (χ1v) is 4.06. The average molecular weight is 180 g/mol. The van der Waals surface area contributed by atoms with Crippen LogP contribution in [0.3, 0.4) is 0 Å². The number of nitrogens with zero attached hydrogens (tertiary/aromatic N) is 1. The molecular formula is C8H14N5+. The summed E-state index contributed by atoms with van der Waals surface area (Å²) in [6.45, 7) is 1.93. The summed E-state index contributed by atoms with van der Waals surface area (Å²) in [4.78, 5) is 3.04. The van der Waals surface area contributed by atoms with Crippen molar-refractivity contribution in [2.24, 2.45) is 11.6 Å². The summed E-state index contributed by atoms with van der Waals surface area (Å²) in [7, 11) is 1.83. The maximum atomic E-state index is 6.02. The molecule has 0 radical (unpaired) electrons. The van der Waals surface area contributed by atoms with Crippen molar-refractivity contribution in [3.8, 4) is 0 Å². The lowest BCUT2D eigenvalue weighted by Crippen LogP contribution is -2.52. The molecule has 1 aliphatic heterocycles. The maximum Gasteiger partial charge on any atom is 0.228 e. The van der Waals surface area contributed by atoms with Crippen molar-refractivity contribution in [3.05, 3.63) is 17.6 Å². The van der Waals surface area contributed by atoms with Crippen molar-refractivity contribution in [3.63, 3.8) is 0 Å². The molecular weight excluding hydrogens is 166 g/mol. The summed E-state index contributed by atoms with van der Waals surface area (Å²) in [6.07, 6.45) is 0. The first-order valence-electron chi connectivity index (χ1n) is 4.06. The van der Waals surface area contributed by atoms with Crippen LogP contribution < -0.4 is 21.9 Å². The number of allylic oxidation sites excluding steroid dienone is 1. The van der Waals surface area contributed by atoms with Gasteiger partial charge in [-0.05, 0) is 6.92 Å². The molecule has 5 nitrogen and oxygen atoms in total. The molecule has 13 heavy (non-hydrogen) atoms. The zero-order valence-corrected chi connectivity index (χ0v) is 7.76. The number of fused-ring (bicyclic) bond motifs is 1. The van der Waals surface area contributed by atoms with Crippen LogP contribution in [0.5, 0.6) is 0 Å². The Labute approximate surface area is 76.4 Å². The summed E-state index contributed by atoms with van der Waals surface area (Å²) in [5, 5.41) is 0. The minimum atomic E-state index is 0.0921. The zero-order valence-electron chi connectivity index (χ0n) is 7.76. The van der Waals surface area contributed by atoms with Crippen LogP contribution in [-0.4, -0.2) is 12.0 Å². The van der Waals surface area contributed by atoms with Crippen LogP contribution in [0.15, 0.2) is 11.9 Å². The van der Waals surface area contributed by atoms with Gasteiger partial charge in [0.2, 0.25) is 5.82 Å². The lowest BCUT2D eigenvalue weighted by atomic mass is 10.2. The van der Waals surface area contributed by atoms with Crippen LogP contribution in [0.2, 0.25) is 0 Å². The minimum absolute atomic E-state index is 0.0921. The molecule has 0 saturated heterocycles. The summed E-state index contributed by atoms with van der Waals surface area (Å²) in [6, 6.07) is 1.82. The van der Waals surface area contributed by atoms with E-state index in [1.165, 1.54) is 0 Å². The van der Waals surface area contributed by atoms with E-state index >= 15 is 0 Å². The van der Waals surface area contributed by atoms with Gasteiger partial charge < -0.3 is 16.5 Å². The van der Waals surface area contributed by atoms with Crippen molar-refractivity contribution in [2.45, 2.75) is 6.92 Å². The van der Waals surface area contributed by atoms with E-state index in [1.54, 1.807) is 0 Å². The molecule has 5 heteroatoms. The Morgan fingerprint density at radius 2 is 2.00 bits per heavy atom. The number of quaternary nitrogens is 1. The Kier molecular flexibility index (Phi) is 1.30. The highest BCUT2D eigenvalue weighted by Crippen LogP contribution is 2.39. The van der Waals surface area contributed by atoms with E-state index in [1.807, 2.05) is 20.0 Å². The van der Waals surface area contributed by atoms with Crippen molar-refractivity contribution in [2.75, 3.05) is 12.8 Å². The fraction of sp³-hybridized carbons (Fsp3) is 0.250. The van der Waals surface area contributed by atoms with E-state index in [0.29, 0.717) is 11.6 Å². The molecule has 7 N–H and O–H groups in total. The highest BCUT2D eigenvalue weighted by atomic mass is 15.6. The van der Waals surface area contributed by atoms with Crippen LogP contribution >= 0.6 is 0 Å². The molecule has 0 amide bonds. The number of nitrogens with two attached hydrogens (primary N) is 3. The molecule has 0 saturated carbocycles. The molecule has 2 heterocycles. The Morgan fingerprint density at radius 1 is 1.38 bits per heavy atom. The monoisotopic (exact) mass is 180 g/mol. The van der Waals surface area contributed by atoms with Gasteiger partial charge in [-0.3, -0.25) is 0 Å². The molecule has 1 unspecified atom stereocenters. The van der Waals surface area contributed by atoms with Gasteiger partial charge in [0.1, 0.15) is 11.5 Å². The fourth-order valence-electron chi connectivity index (χ4n) is 1.72. The lowest BCUT2D eigenvalue weighted by molar-refractivity contribution is 0.434. The van der Waals surface area contributed by atoms with Crippen molar-refractivity contribution in [1.29, 1.82) is 0 Å². The normalized spacial score (nSPS) is 26.7. The van der Waals surface area contributed by atoms with Crippen LogP contribution in [0.1, 0.15) is 12.6 Å². The van der Waals surface area contributed by atoms with Gasteiger partial charge in [-0.25, -0.2) is 0 Å². The molecule has 70 valence electrons. The van der Waals surface area contributed by atoms with Crippen LogP contribution in [0, 0.1) is 0 Å². The Hall–Kier alpha value is -1.46. The number of nitrogen functional groups attached to an aromatic ring is 1. The molecule has 0 fully saturated rings. The molecule has 2 rings (SSSR count). The maximum absolute atomic E-state index is 6.02. The standard InChI is InChI=1S/C8H14N5/c1-4-7-5(3-6(9)12-7)13(2,11)8(4)10/h3,12H,9-11H2,1-2H3/q+1. The third-order valence-electron chi connectivity index (χ3n) is 2.58. The Morgan fingerprint density at radius 3 is 2.54 bits per heavy atom. The van der Waals surface area contributed by atoms with Gasteiger partial charge in [-0.15, -0.1) is 0 Å². The third-order valence-corrected chi connectivity index (χ3v) is 2.58. The van der Waals surface area contributed by atoms with E-state index in [0.717, 1.165) is 17.0 Å². The summed E-state index contributed by atoms with van der Waals surface area (Å²) >= 11 is 0. The van der Waals surface area contributed by atoms with E-state index < -0.39 is 0 Å². The molecule has 1 aromatic heterocycles. The molecule has 1 aliphatic rings. The van der Waals surface area contributed by atoms with Crippen molar-refractivity contribution >= 4 is 17.1 Å². The topological polar surface area (TPSA) is 93.8 Å². The number of nitrogens with one attached hydrogen (secondary N) is 1. The predicted octanol–water partition coefficient (Wildman–Crippen LogP) is 0.0685. The fourth-order valence-corrected chi connectivity index (χ4v) is 1.72. The third kappa shape index (κ3) is 0.824. The molecule has 0 aliphatic carbocycles. The Balaban J connectivity index is 2.72. The number of hydrogen-bond donors (Lipinski definition) is 4.